The van der Waals surface area contributed by atoms with Gasteiger partial charge in [0, 0.05) is 12.5 Å². The summed E-state index contributed by atoms with van der Waals surface area (Å²) in [6.07, 6.45) is 4.20. The highest BCUT2D eigenvalue weighted by molar-refractivity contribution is 5.60. The lowest BCUT2D eigenvalue weighted by Gasteiger charge is -2.27. The van der Waals surface area contributed by atoms with Crippen LogP contribution in [0.15, 0.2) is 30.3 Å². The minimum Gasteiger partial charge on any atom is -0.429 e. The van der Waals surface area contributed by atoms with Gasteiger partial charge in [-0.2, -0.15) is 0 Å². The smallest absolute Gasteiger partial charge is 0.429 e. The normalized spacial score (nSPS) is 28.7. The van der Waals surface area contributed by atoms with E-state index in [1.165, 1.54) is 19.3 Å². The van der Waals surface area contributed by atoms with Gasteiger partial charge in [0.05, 0.1) is 0 Å². The maximum Gasteiger partial charge on any atom is 0.510 e. The first-order valence-corrected chi connectivity index (χ1v) is 7.43. The molecule has 1 aliphatic heterocycles. The molecule has 1 N–H and O–H groups in total. The second-order valence-corrected chi connectivity index (χ2v) is 5.68. The highest BCUT2D eigenvalue weighted by Crippen LogP contribution is 2.36. The van der Waals surface area contributed by atoms with Gasteiger partial charge < -0.3 is 9.47 Å². The number of rotatable bonds is 3. The molecule has 4 nitrogen and oxygen atoms in total. The summed E-state index contributed by atoms with van der Waals surface area (Å²) in [7, 11) is 0. The molecule has 0 bridgehead atoms. The predicted octanol–water partition coefficient (Wildman–Crippen LogP) is 3.08. The van der Waals surface area contributed by atoms with E-state index in [-0.39, 0.29) is 12.8 Å². The molecule has 20 heavy (non-hydrogen) atoms. The molecule has 0 amide bonds. The average molecular weight is 275 g/mol. The topological polar surface area (TPSA) is 47.6 Å². The van der Waals surface area contributed by atoms with Gasteiger partial charge in [-0.25, -0.2) is 4.79 Å². The molecule has 1 aromatic rings. The number of benzene rings is 1. The van der Waals surface area contributed by atoms with Gasteiger partial charge >= 0.3 is 6.16 Å². The molecule has 0 aromatic heterocycles. The van der Waals surface area contributed by atoms with Crippen molar-refractivity contribution >= 4 is 6.16 Å². The zero-order valence-electron chi connectivity index (χ0n) is 11.6. The maximum absolute atomic E-state index is 11.8. The van der Waals surface area contributed by atoms with E-state index in [9.17, 15) is 4.79 Å². The van der Waals surface area contributed by atoms with E-state index in [1.54, 1.807) is 0 Å². The number of fused-ring (bicyclic) bond motifs is 1. The molecule has 108 valence electrons. The van der Waals surface area contributed by atoms with Crippen LogP contribution >= 0.6 is 0 Å². The van der Waals surface area contributed by atoms with E-state index in [0.29, 0.717) is 11.8 Å². The monoisotopic (exact) mass is 275 g/mol. The Labute approximate surface area is 119 Å². The second kappa shape index (κ2) is 6.27. The fraction of sp³-hybridized carbons (Fsp3) is 0.562. The van der Waals surface area contributed by atoms with E-state index in [4.69, 9.17) is 9.47 Å². The first-order chi connectivity index (χ1) is 9.83. The van der Waals surface area contributed by atoms with Gasteiger partial charge in [0.25, 0.3) is 0 Å². The molecule has 1 heterocycles. The summed E-state index contributed by atoms with van der Waals surface area (Å²) in [6.45, 7) is 1.22. The summed E-state index contributed by atoms with van der Waals surface area (Å²) in [5.41, 5.74) is 0.972. The largest absolute Gasteiger partial charge is 0.510 e. The Morgan fingerprint density at radius 1 is 1.20 bits per heavy atom. The van der Waals surface area contributed by atoms with Crippen LogP contribution in [0.25, 0.3) is 0 Å². The van der Waals surface area contributed by atoms with Crippen molar-refractivity contribution in [2.75, 3.05) is 6.54 Å². The van der Waals surface area contributed by atoms with Crippen molar-refractivity contribution in [2.45, 2.75) is 38.5 Å². The lowest BCUT2D eigenvalue weighted by molar-refractivity contribution is -0.00949. The summed E-state index contributed by atoms with van der Waals surface area (Å²) in [5.74, 6) is 1.13. The zero-order chi connectivity index (χ0) is 13.8. The van der Waals surface area contributed by atoms with Crippen molar-refractivity contribution in [3.63, 3.8) is 0 Å². The highest BCUT2D eigenvalue weighted by atomic mass is 16.7. The molecule has 3 atom stereocenters. The van der Waals surface area contributed by atoms with Gasteiger partial charge in [0.2, 0.25) is 0 Å². The highest BCUT2D eigenvalue weighted by Gasteiger charge is 2.39. The number of hydrogen-bond donors (Lipinski definition) is 1. The minimum atomic E-state index is -0.572. The summed E-state index contributed by atoms with van der Waals surface area (Å²) < 4.78 is 10.6. The van der Waals surface area contributed by atoms with Crippen LogP contribution in [0.4, 0.5) is 4.79 Å². The van der Waals surface area contributed by atoms with Crippen LogP contribution in [0.2, 0.25) is 0 Å². The Hall–Kier alpha value is -1.55. The Balaban J connectivity index is 1.47. The molecule has 1 aromatic carbocycles. The fourth-order valence-electron chi connectivity index (χ4n) is 3.29. The van der Waals surface area contributed by atoms with Crippen molar-refractivity contribution in [3.8, 4) is 0 Å². The Bertz CT molecular complexity index is 448. The Kier molecular flexibility index (Phi) is 4.21. The molecule has 2 aliphatic rings. The molecular formula is C16H21NO3. The van der Waals surface area contributed by atoms with Crippen LogP contribution in [-0.2, 0) is 16.1 Å². The van der Waals surface area contributed by atoms with Gasteiger partial charge in [-0.1, -0.05) is 43.2 Å². The maximum atomic E-state index is 11.8. The molecule has 2 unspecified atom stereocenters. The minimum absolute atomic E-state index is 0.163. The molecule has 1 aliphatic carbocycles. The van der Waals surface area contributed by atoms with Crippen molar-refractivity contribution in [2.24, 2.45) is 11.8 Å². The lowest BCUT2D eigenvalue weighted by Crippen LogP contribution is -2.33. The van der Waals surface area contributed by atoms with Crippen LogP contribution < -0.4 is 5.32 Å². The van der Waals surface area contributed by atoms with Crippen LogP contribution in [0.5, 0.6) is 0 Å². The lowest BCUT2D eigenvalue weighted by atomic mass is 9.81. The van der Waals surface area contributed by atoms with E-state index >= 15 is 0 Å². The van der Waals surface area contributed by atoms with Gasteiger partial charge in [0.1, 0.15) is 6.61 Å². The summed E-state index contributed by atoms with van der Waals surface area (Å²) in [5, 5.41) is 3.30. The van der Waals surface area contributed by atoms with Crippen molar-refractivity contribution < 1.29 is 14.3 Å². The van der Waals surface area contributed by atoms with Crippen LogP contribution in [0.3, 0.4) is 0 Å². The quantitative estimate of drug-likeness (QED) is 0.861. The fourth-order valence-corrected chi connectivity index (χ4v) is 3.29. The predicted molar refractivity (Wildman–Crippen MR) is 75.0 cm³/mol. The third-order valence-electron chi connectivity index (χ3n) is 4.36. The zero-order valence-corrected chi connectivity index (χ0v) is 11.6. The average Bonchev–Trinajstić information content (AvgIpc) is 2.90. The van der Waals surface area contributed by atoms with Crippen molar-refractivity contribution in [1.29, 1.82) is 0 Å². The molecule has 1 saturated heterocycles. The summed E-state index contributed by atoms with van der Waals surface area (Å²) in [4.78, 5) is 11.8. The van der Waals surface area contributed by atoms with Crippen molar-refractivity contribution in [3.05, 3.63) is 35.9 Å². The van der Waals surface area contributed by atoms with Crippen LogP contribution in [0, 0.1) is 11.8 Å². The molecular weight excluding hydrogens is 254 g/mol. The first kappa shape index (κ1) is 13.4. The van der Waals surface area contributed by atoms with Gasteiger partial charge in [-0.05, 0) is 24.3 Å². The Morgan fingerprint density at radius 2 is 2.00 bits per heavy atom. The number of nitrogens with one attached hydrogen (secondary N) is 1. The third kappa shape index (κ3) is 3.12. The molecule has 3 rings (SSSR count). The number of ether oxygens (including phenoxy) is 2. The van der Waals surface area contributed by atoms with E-state index in [2.05, 4.69) is 5.32 Å². The number of hydrogen-bond acceptors (Lipinski definition) is 4. The molecule has 1 saturated carbocycles. The number of carbonyl (C=O) groups is 1. The SMILES string of the molecule is O=C(OCc1ccccc1)O[C@@H]1NCC2CCCCC21. The summed E-state index contributed by atoms with van der Waals surface area (Å²) >= 11 is 0. The molecule has 4 heteroatoms. The van der Waals surface area contributed by atoms with E-state index in [1.807, 2.05) is 30.3 Å². The van der Waals surface area contributed by atoms with E-state index in [0.717, 1.165) is 18.5 Å². The van der Waals surface area contributed by atoms with Gasteiger partial charge in [-0.15, -0.1) is 0 Å². The van der Waals surface area contributed by atoms with Crippen molar-refractivity contribution in [1.82, 2.24) is 5.32 Å². The molecule has 0 spiro atoms. The summed E-state index contributed by atoms with van der Waals surface area (Å²) in [6, 6.07) is 9.65. The number of carbonyl (C=O) groups excluding carboxylic acids is 1. The molecule has 2 fully saturated rings. The van der Waals surface area contributed by atoms with Gasteiger partial charge in [0.15, 0.2) is 6.23 Å². The molecule has 0 radical (unpaired) electrons. The Morgan fingerprint density at radius 3 is 2.85 bits per heavy atom. The van der Waals surface area contributed by atoms with Crippen LogP contribution in [-0.4, -0.2) is 18.9 Å². The second-order valence-electron chi connectivity index (χ2n) is 5.68. The van der Waals surface area contributed by atoms with E-state index < -0.39 is 6.16 Å². The third-order valence-corrected chi connectivity index (χ3v) is 4.36. The standard InChI is InChI=1S/C16H21NO3/c18-16(19-11-12-6-2-1-3-7-12)20-15-14-9-5-4-8-13(14)10-17-15/h1-3,6-7,13-15,17H,4-5,8-11H2/t13?,14?,15-/m0/s1. The van der Waals surface area contributed by atoms with Gasteiger partial charge in [-0.3, -0.25) is 5.32 Å². The van der Waals surface area contributed by atoms with Crippen LogP contribution in [0.1, 0.15) is 31.2 Å². The first-order valence-electron chi connectivity index (χ1n) is 7.43.